The van der Waals surface area contributed by atoms with E-state index in [1.807, 2.05) is 0 Å². The van der Waals surface area contributed by atoms with Gasteiger partial charge in [0, 0.05) is 24.4 Å². The lowest BCUT2D eigenvalue weighted by molar-refractivity contribution is 0.0963. The van der Waals surface area contributed by atoms with Crippen LogP contribution in [0.5, 0.6) is 5.75 Å². The molecule has 0 aromatic heterocycles. The van der Waals surface area contributed by atoms with Gasteiger partial charge in [0.2, 0.25) is 0 Å². The van der Waals surface area contributed by atoms with Crippen LogP contribution in [0.15, 0.2) is 53.4 Å². The molecule has 8 nitrogen and oxygen atoms in total. The molecule has 2 aromatic rings. The molecule has 2 N–H and O–H groups in total. The molecule has 0 spiro atoms. The molecule has 2 aromatic carbocycles. The topological polar surface area (TPSA) is 111 Å². The molecule has 0 atom stereocenters. The third-order valence-corrected chi connectivity index (χ3v) is 4.46. The minimum absolute atomic E-state index is 0.0228. The average Bonchev–Trinajstić information content (AvgIpc) is 2.61. The van der Waals surface area contributed by atoms with E-state index < -0.39 is 16.2 Å². The molecule has 0 bridgehead atoms. The molecule has 0 saturated heterocycles. The summed E-state index contributed by atoms with van der Waals surface area (Å²) < 4.78 is 34.5. The van der Waals surface area contributed by atoms with Crippen LogP contribution in [0.2, 0.25) is 0 Å². The highest BCUT2D eigenvalue weighted by Gasteiger charge is 2.17. The minimum atomic E-state index is -4.09. The minimum Gasteiger partial charge on any atom is -0.450 e. The van der Waals surface area contributed by atoms with Crippen molar-refractivity contribution in [1.82, 2.24) is 5.32 Å². The van der Waals surface area contributed by atoms with Gasteiger partial charge >= 0.3 is 16.2 Å². The van der Waals surface area contributed by atoms with Crippen LogP contribution >= 0.6 is 0 Å². The summed E-state index contributed by atoms with van der Waals surface area (Å²) in [5.74, 6) is -0.303. The molecule has 0 fully saturated rings. The Morgan fingerprint density at radius 1 is 1.08 bits per heavy atom. The maximum absolute atomic E-state index is 12.4. The van der Waals surface area contributed by atoms with Gasteiger partial charge in [-0.15, -0.1) is 0 Å². The van der Waals surface area contributed by atoms with Crippen molar-refractivity contribution in [3.05, 3.63) is 54.1 Å². The molecule has 0 radical (unpaired) electrons. The van der Waals surface area contributed by atoms with Crippen LogP contribution < -0.4 is 14.8 Å². The molecular formula is C17H18N2O6S. The van der Waals surface area contributed by atoms with Crippen LogP contribution in [0.25, 0.3) is 0 Å². The largest absolute Gasteiger partial charge is 0.450 e. The van der Waals surface area contributed by atoms with Gasteiger partial charge in [-0.25, -0.2) is 4.79 Å². The normalized spacial score (nSPS) is 10.7. The monoisotopic (exact) mass is 378 g/mol. The summed E-state index contributed by atoms with van der Waals surface area (Å²) in [6.45, 7) is 1.88. The van der Waals surface area contributed by atoms with E-state index >= 15 is 0 Å². The summed E-state index contributed by atoms with van der Waals surface area (Å²) >= 11 is 0. The first-order valence-electron chi connectivity index (χ1n) is 7.66. The first-order chi connectivity index (χ1) is 12.4. The highest BCUT2D eigenvalue weighted by atomic mass is 32.2. The fourth-order valence-corrected chi connectivity index (χ4v) is 2.93. The molecule has 26 heavy (non-hydrogen) atoms. The van der Waals surface area contributed by atoms with Crippen LogP contribution in [0.1, 0.15) is 17.3 Å². The number of nitrogens with one attached hydrogen (secondary N) is 2. The molecule has 2 rings (SSSR count). The van der Waals surface area contributed by atoms with Gasteiger partial charge in [0.05, 0.1) is 6.61 Å². The fourth-order valence-electron chi connectivity index (χ4n) is 2.00. The van der Waals surface area contributed by atoms with Crippen molar-refractivity contribution in [2.45, 2.75) is 11.8 Å². The summed E-state index contributed by atoms with van der Waals surface area (Å²) in [4.78, 5) is 22.8. The lowest BCUT2D eigenvalue weighted by Crippen LogP contribution is -2.18. The molecule has 9 heteroatoms. The van der Waals surface area contributed by atoms with E-state index in [1.54, 1.807) is 13.0 Å². The second-order valence-corrected chi connectivity index (χ2v) is 6.56. The maximum Gasteiger partial charge on any atom is 0.411 e. The van der Waals surface area contributed by atoms with Crippen molar-refractivity contribution in [2.24, 2.45) is 0 Å². The molecule has 2 amide bonds. The highest BCUT2D eigenvalue weighted by molar-refractivity contribution is 7.87. The average molecular weight is 378 g/mol. The van der Waals surface area contributed by atoms with Crippen LogP contribution in [0.4, 0.5) is 10.5 Å². The van der Waals surface area contributed by atoms with Crippen molar-refractivity contribution >= 4 is 27.8 Å². The number of hydrogen-bond acceptors (Lipinski definition) is 6. The van der Waals surface area contributed by atoms with Gasteiger partial charge in [-0.1, -0.05) is 6.07 Å². The van der Waals surface area contributed by atoms with Crippen molar-refractivity contribution in [3.8, 4) is 5.75 Å². The molecule has 0 saturated carbocycles. The number of ether oxygens (including phenoxy) is 1. The van der Waals surface area contributed by atoms with E-state index in [-0.39, 0.29) is 23.2 Å². The molecular weight excluding hydrogens is 360 g/mol. The Bertz CT molecular complexity index is 894. The molecule has 138 valence electrons. The Morgan fingerprint density at radius 2 is 1.77 bits per heavy atom. The van der Waals surface area contributed by atoms with E-state index in [0.29, 0.717) is 11.3 Å². The summed E-state index contributed by atoms with van der Waals surface area (Å²) in [5.41, 5.74) is 0.651. The van der Waals surface area contributed by atoms with Gasteiger partial charge in [0.25, 0.3) is 5.91 Å². The SMILES string of the molecule is CCOC(=O)Nc1cccc(OS(=O)(=O)c2ccc(C(=O)NC)cc2)c1. The Morgan fingerprint density at radius 3 is 2.38 bits per heavy atom. The zero-order valence-electron chi connectivity index (χ0n) is 14.2. The molecule has 0 aliphatic heterocycles. The van der Waals surface area contributed by atoms with E-state index in [4.69, 9.17) is 8.92 Å². The molecule has 0 aliphatic carbocycles. The standard InChI is InChI=1S/C17H18N2O6S/c1-3-24-17(21)19-13-5-4-6-14(11-13)25-26(22,23)15-9-7-12(8-10-15)16(20)18-2/h4-11H,3H2,1-2H3,(H,18,20)(H,19,21). The Hall–Kier alpha value is -3.07. The van der Waals surface area contributed by atoms with Crippen LogP contribution in [0.3, 0.4) is 0 Å². The zero-order chi connectivity index (χ0) is 19.2. The number of carbonyl (C=O) groups excluding carboxylic acids is 2. The van der Waals surface area contributed by atoms with Crippen LogP contribution in [-0.2, 0) is 14.9 Å². The number of rotatable bonds is 6. The van der Waals surface area contributed by atoms with Crippen LogP contribution in [-0.4, -0.2) is 34.1 Å². The van der Waals surface area contributed by atoms with Gasteiger partial charge in [0.15, 0.2) is 0 Å². The molecule has 0 unspecified atom stereocenters. The number of carbonyl (C=O) groups is 2. The van der Waals surface area contributed by atoms with Crippen molar-refractivity contribution < 1.29 is 26.9 Å². The van der Waals surface area contributed by atoms with E-state index in [1.165, 1.54) is 49.5 Å². The number of benzene rings is 2. The lowest BCUT2D eigenvalue weighted by atomic mass is 10.2. The summed E-state index contributed by atoms with van der Waals surface area (Å²) in [7, 11) is -2.61. The molecule has 0 aliphatic rings. The summed E-state index contributed by atoms with van der Waals surface area (Å²) in [5, 5.41) is 4.90. The number of anilines is 1. The summed E-state index contributed by atoms with van der Waals surface area (Å²) in [6.07, 6.45) is -0.655. The first kappa shape index (κ1) is 19.3. The predicted octanol–water partition coefficient (Wildman–Crippen LogP) is 2.38. The van der Waals surface area contributed by atoms with Crippen molar-refractivity contribution in [2.75, 3.05) is 19.0 Å². The van der Waals surface area contributed by atoms with E-state index in [9.17, 15) is 18.0 Å². The van der Waals surface area contributed by atoms with Crippen molar-refractivity contribution in [3.63, 3.8) is 0 Å². The van der Waals surface area contributed by atoms with Gasteiger partial charge < -0.3 is 14.2 Å². The first-order valence-corrected chi connectivity index (χ1v) is 9.07. The maximum atomic E-state index is 12.4. The lowest BCUT2D eigenvalue weighted by Gasteiger charge is -2.10. The quantitative estimate of drug-likeness (QED) is 0.747. The molecule has 0 heterocycles. The Labute approximate surface area is 151 Å². The van der Waals surface area contributed by atoms with Crippen LogP contribution in [0, 0.1) is 0 Å². The number of amides is 2. The Kier molecular flexibility index (Phi) is 6.18. The van der Waals surface area contributed by atoms with Gasteiger partial charge in [-0.2, -0.15) is 8.42 Å². The fraction of sp³-hybridized carbons (Fsp3) is 0.176. The van der Waals surface area contributed by atoms with Crippen molar-refractivity contribution in [1.29, 1.82) is 0 Å². The highest BCUT2D eigenvalue weighted by Crippen LogP contribution is 2.22. The smallest absolute Gasteiger partial charge is 0.411 e. The van der Waals surface area contributed by atoms with Gasteiger partial charge in [0.1, 0.15) is 10.6 Å². The van der Waals surface area contributed by atoms with E-state index in [2.05, 4.69) is 10.6 Å². The third-order valence-electron chi connectivity index (χ3n) is 3.19. The number of hydrogen-bond donors (Lipinski definition) is 2. The second-order valence-electron chi connectivity index (χ2n) is 5.01. The van der Waals surface area contributed by atoms with E-state index in [0.717, 1.165) is 0 Å². The third kappa shape index (κ3) is 4.96. The predicted molar refractivity (Wildman–Crippen MR) is 94.7 cm³/mol. The second kappa shape index (κ2) is 8.34. The Balaban J connectivity index is 2.16. The summed E-state index contributed by atoms with van der Waals surface area (Å²) in [6, 6.07) is 11.2. The van der Waals surface area contributed by atoms with Gasteiger partial charge in [-0.3, -0.25) is 10.1 Å². The van der Waals surface area contributed by atoms with Gasteiger partial charge in [-0.05, 0) is 43.3 Å². The zero-order valence-corrected chi connectivity index (χ0v) is 15.0.